The fraction of sp³-hybridized carbons (Fsp3) is 0.588. The first-order valence-corrected chi connectivity index (χ1v) is 7.63. The molecular formula is C17H26N2O. The van der Waals surface area contributed by atoms with Crippen molar-refractivity contribution in [1.29, 1.82) is 0 Å². The summed E-state index contributed by atoms with van der Waals surface area (Å²) in [5.41, 5.74) is 7.92. The van der Waals surface area contributed by atoms with E-state index in [9.17, 15) is 4.79 Å². The van der Waals surface area contributed by atoms with E-state index in [4.69, 9.17) is 5.73 Å². The highest BCUT2D eigenvalue weighted by Crippen LogP contribution is 2.15. The standard InChI is InChI=1S/C17H26N2O/c1-17(2,18)11-10-14-6-8-15(9-7-14)16(20)19-12-4-3-5-13-19/h6-9H,3-5,10-13,18H2,1-2H3. The number of nitrogens with zero attached hydrogens (tertiary/aromatic N) is 1. The first-order valence-electron chi connectivity index (χ1n) is 7.63. The third-order valence-corrected chi connectivity index (χ3v) is 3.90. The predicted molar refractivity (Wildman–Crippen MR) is 82.8 cm³/mol. The second-order valence-corrected chi connectivity index (χ2v) is 6.54. The van der Waals surface area contributed by atoms with Gasteiger partial charge in [0.1, 0.15) is 0 Å². The van der Waals surface area contributed by atoms with Gasteiger partial charge in [0.25, 0.3) is 5.91 Å². The van der Waals surface area contributed by atoms with E-state index in [-0.39, 0.29) is 11.4 Å². The summed E-state index contributed by atoms with van der Waals surface area (Å²) in [7, 11) is 0. The van der Waals surface area contributed by atoms with E-state index in [0.717, 1.165) is 44.3 Å². The molecule has 2 N–H and O–H groups in total. The molecule has 3 nitrogen and oxygen atoms in total. The van der Waals surface area contributed by atoms with Crippen LogP contribution in [0.15, 0.2) is 24.3 Å². The zero-order valence-electron chi connectivity index (χ0n) is 12.7. The second kappa shape index (κ2) is 6.40. The molecule has 0 aliphatic carbocycles. The molecule has 1 aromatic rings. The minimum Gasteiger partial charge on any atom is -0.339 e. The number of likely N-dealkylation sites (tertiary alicyclic amines) is 1. The van der Waals surface area contributed by atoms with Crippen LogP contribution in [-0.4, -0.2) is 29.4 Å². The summed E-state index contributed by atoms with van der Waals surface area (Å²) in [6, 6.07) is 8.03. The van der Waals surface area contributed by atoms with E-state index in [1.807, 2.05) is 30.9 Å². The van der Waals surface area contributed by atoms with Crippen molar-refractivity contribution in [2.75, 3.05) is 13.1 Å². The summed E-state index contributed by atoms with van der Waals surface area (Å²) >= 11 is 0. The lowest BCUT2D eigenvalue weighted by molar-refractivity contribution is 0.0724. The second-order valence-electron chi connectivity index (χ2n) is 6.54. The Bertz CT molecular complexity index is 439. The monoisotopic (exact) mass is 274 g/mol. The van der Waals surface area contributed by atoms with Gasteiger partial charge in [-0.1, -0.05) is 12.1 Å². The molecule has 0 unspecified atom stereocenters. The molecule has 0 radical (unpaired) electrons. The lowest BCUT2D eigenvalue weighted by Gasteiger charge is -2.26. The van der Waals surface area contributed by atoms with E-state index in [1.54, 1.807) is 0 Å². The molecule has 1 aliphatic heterocycles. The maximum Gasteiger partial charge on any atom is 0.253 e. The maximum absolute atomic E-state index is 12.3. The van der Waals surface area contributed by atoms with Crippen LogP contribution in [0.1, 0.15) is 55.5 Å². The Morgan fingerprint density at radius 1 is 1.15 bits per heavy atom. The Hall–Kier alpha value is -1.35. The van der Waals surface area contributed by atoms with Crippen molar-refractivity contribution >= 4 is 5.91 Å². The van der Waals surface area contributed by atoms with Gasteiger partial charge in [0, 0.05) is 24.2 Å². The number of piperidine rings is 1. The Kier molecular flexibility index (Phi) is 4.81. The topological polar surface area (TPSA) is 46.3 Å². The van der Waals surface area contributed by atoms with Gasteiger partial charge >= 0.3 is 0 Å². The lowest BCUT2D eigenvalue weighted by Crippen LogP contribution is -2.35. The number of nitrogens with two attached hydrogens (primary N) is 1. The molecule has 20 heavy (non-hydrogen) atoms. The smallest absolute Gasteiger partial charge is 0.253 e. The van der Waals surface area contributed by atoms with Crippen molar-refractivity contribution in [2.24, 2.45) is 5.73 Å². The highest BCUT2D eigenvalue weighted by molar-refractivity contribution is 5.94. The average molecular weight is 274 g/mol. The highest BCUT2D eigenvalue weighted by Gasteiger charge is 2.18. The Morgan fingerprint density at radius 3 is 2.30 bits per heavy atom. The van der Waals surface area contributed by atoms with Crippen LogP contribution in [0, 0.1) is 0 Å². The lowest BCUT2D eigenvalue weighted by atomic mass is 9.96. The number of hydrogen-bond donors (Lipinski definition) is 1. The maximum atomic E-state index is 12.3. The van der Waals surface area contributed by atoms with E-state index in [1.165, 1.54) is 12.0 Å². The van der Waals surface area contributed by atoms with Crippen LogP contribution in [0.4, 0.5) is 0 Å². The first kappa shape index (κ1) is 15.0. The van der Waals surface area contributed by atoms with Crippen LogP contribution in [0.5, 0.6) is 0 Å². The zero-order valence-corrected chi connectivity index (χ0v) is 12.7. The Labute approximate surface area is 122 Å². The number of aryl methyl sites for hydroxylation is 1. The van der Waals surface area contributed by atoms with Gasteiger partial charge in [-0.15, -0.1) is 0 Å². The molecular weight excluding hydrogens is 248 g/mol. The molecule has 1 fully saturated rings. The first-order chi connectivity index (χ1) is 9.46. The quantitative estimate of drug-likeness (QED) is 0.917. The summed E-state index contributed by atoms with van der Waals surface area (Å²) in [4.78, 5) is 14.3. The fourth-order valence-corrected chi connectivity index (χ4v) is 2.56. The summed E-state index contributed by atoms with van der Waals surface area (Å²) in [5, 5.41) is 0. The predicted octanol–water partition coefficient (Wildman–Crippen LogP) is 2.98. The third kappa shape index (κ3) is 4.34. The van der Waals surface area contributed by atoms with Crippen molar-refractivity contribution in [3.05, 3.63) is 35.4 Å². The van der Waals surface area contributed by atoms with Crippen LogP contribution in [0.25, 0.3) is 0 Å². The molecule has 0 atom stereocenters. The number of hydrogen-bond acceptors (Lipinski definition) is 2. The summed E-state index contributed by atoms with van der Waals surface area (Å²) in [5.74, 6) is 0.176. The molecule has 0 saturated carbocycles. The van der Waals surface area contributed by atoms with E-state index in [2.05, 4.69) is 12.1 Å². The number of benzene rings is 1. The van der Waals surface area contributed by atoms with Gasteiger partial charge in [-0.25, -0.2) is 0 Å². The van der Waals surface area contributed by atoms with Gasteiger partial charge in [-0.2, -0.15) is 0 Å². The molecule has 2 rings (SSSR count). The molecule has 1 aromatic carbocycles. The van der Waals surface area contributed by atoms with Crippen LogP contribution in [0.2, 0.25) is 0 Å². The molecule has 110 valence electrons. The van der Waals surface area contributed by atoms with Crippen LogP contribution in [-0.2, 0) is 6.42 Å². The molecule has 1 amide bonds. The fourth-order valence-electron chi connectivity index (χ4n) is 2.56. The van der Waals surface area contributed by atoms with Gasteiger partial charge < -0.3 is 10.6 Å². The van der Waals surface area contributed by atoms with Gasteiger partial charge in [0.15, 0.2) is 0 Å². The minimum absolute atomic E-state index is 0.137. The summed E-state index contributed by atoms with van der Waals surface area (Å²) in [6.45, 7) is 5.90. The molecule has 1 saturated heterocycles. The van der Waals surface area contributed by atoms with Crippen LogP contribution >= 0.6 is 0 Å². The van der Waals surface area contributed by atoms with Crippen molar-refractivity contribution in [2.45, 2.75) is 51.5 Å². The van der Waals surface area contributed by atoms with Gasteiger partial charge in [0.2, 0.25) is 0 Å². The summed E-state index contributed by atoms with van der Waals surface area (Å²) < 4.78 is 0. The van der Waals surface area contributed by atoms with Crippen molar-refractivity contribution in [1.82, 2.24) is 4.90 Å². The average Bonchev–Trinajstić information content (AvgIpc) is 2.45. The molecule has 0 aromatic heterocycles. The SMILES string of the molecule is CC(C)(N)CCc1ccc(C(=O)N2CCCCC2)cc1. The molecule has 3 heteroatoms. The number of amides is 1. The van der Waals surface area contributed by atoms with Crippen molar-refractivity contribution in [3.8, 4) is 0 Å². The minimum atomic E-state index is -0.137. The van der Waals surface area contributed by atoms with Crippen LogP contribution < -0.4 is 5.73 Å². The van der Waals surface area contributed by atoms with E-state index >= 15 is 0 Å². The Morgan fingerprint density at radius 2 is 1.75 bits per heavy atom. The number of carbonyl (C=O) groups excluding carboxylic acids is 1. The normalized spacial score (nSPS) is 16.2. The number of rotatable bonds is 4. The summed E-state index contributed by atoms with van der Waals surface area (Å²) in [6.07, 6.45) is 5.43. The van der Waals surface area contributed by atoms with Crippen molar-refractivity contribution < 1.29 is 4.79 Å². The Balaban J connectivity index is 1.95. The van der Waals surface area contributed by atoms with E-state index < -0.39 is 0 Å². The van der Waals surface area contributed by atoms with Gasteiger partial charge in [-0.05, 0) is 63.6 Å². The van der Waals surface area contributed by atoms with Crippen molar-refractivity contribution in [3.63, 3.8) is 0 Å². The van der Waals surface area contributed by atoms with E-state index in [0.29, 0.717) is 0 Å². The highest BCUT2D eigenvalue weighted by atomic mass is 16.2. The molecule has 0 spiro atoms. The molecule has 0 bridgehead atoms. The molecule has 1 heterocycles. The molecule has 1 aliphatic rings. The largest absolute Gasteiger partial charge is 0.339 e. The third-order valence-electron chi connectivity index (χ3n) is 3.90. The van der Waals surface area contributed by atoms with Crippen LogP contribution in [0.3, 0.4) is 0 Å². The van der Waals surface area contributed by atoms with Gasteiger partial charge in [-0.3, -0.25) is 4.79 Å². The van der Waals surface area contributed by atoms with Gasteiger partial charge in [0.05, 0.1) is 0 Å². The number of carbonyl (C=O) groups is 1. The zero-order chi connectivity index (χ0) is 14.6.